The lowest BCUT2D eigenvalue weighted by Gasteiger charge is -2.18. The Balaban J connectivity index is 2.04. The first-order valence-electron chi connectivity index (χ1n) is 12.6. The van der Waals surface area contributed by atoms with E-state index in [0.29, 0.717) is 24.6 Å². The number of unbranched alkanes of at least 4 members (excludes halogenated alkanes) is 1. The summed E-state index contributed by atoms with van der Waals surface area (Å²) in [5.74, 6) is -0.500. The molecule has 0 unspecified atom stereocenters. The quantitative estimate of drug-likeness (QED) is 0.306. The minimum atomic E-state index is -0.956. The third-order valence-electron chi connectivity index (χ3n) is 6.49. The summed E-state index contributed by atoms with van der Waals surface area (Å²) in [5.41, 5.74) is 4.40. The van der Waals surface area contributed by atoms with Crippen LogP contribution in [-0.2, 0) is 29.0 Å². The van der Waals surface area contributed by atoms with Gasteiger partial charge in [0.1, 0.15) is 0 Å². The molecule has 0 bridgehead atoms. The van der Waals surface area contributed by atoms with Gasteiger partial charge in [-0.1, -0.05) is 69.7 Å². The Kier molecular flexibility index (Phi) is 9.67. The number of carbonyl (C=O) groups is 1. The molecule has 0 radical (unpaired) electrons. The molecule has 1 N–H and O–H groups in total. The Morgan fingerprint density at radius 2 is 1.67 bits per heavy atom. The number of rotatable bonds is 13. The van der Waals surface area contributed by atoms with Crippen LogP contribution in [0.4, 0.5) is 0 Å². The SMILES string of the molecule is CCCCc1c(C(OC)OC)n(CCC(C)C)c(=O)n1Cc1ccc(-c2ccccc2C(=O)O)cc1. The van der Waals surface area contributed by atoms with E-state index in [1.165, 1.54) is 0 Å². The maximum atomic E-state index is 13.7. The fraction of sp³-hybridized carbons (Fsp3) is 0.448. The molecule has 0 amide bonds. The van der Waals surface area contributed by atoms with E-state index in [9.17, 15) is 14.7 Å². The third kappa shape index (κ3) is 6.15. The smallest absolute Gasteiger partial charge is 0.336 e. The summed E-state index contributed by atoms with van der Waals surface area (Å²) in [7, 11) is 3.19. The Labute approximate surface area is 213 Å². The van der Waals surface area contributed by atoms with Crippen LogP contribution in [0.15, 0.2) is 53.3 Å². The molecule has 0 aliphatic rings. The first-order chi connectivity index (χ1) is 17.3. The topological polar surface area (TPSA) is 82.7 Å². The van der Waals surface area contributed by atoms with Gasteiger partial charge in [0.15, 0.2) is 6.29 Å². The molecule has 3 rings (SSSR count). The van der Waals surface area contributed by atoms with Crippen molar-refractivity contribution in [2.75, 3.05) is 14.2 Å². The highest BCUT2D eigenvalue weighted by Crippen LogP contribution is 2.27. The van der Waals surface area contributed by atoms with E-state index in [-0.39, 0.29) is 11.3 Å². The first-order valence-corrected chi connectivity index (χ1v) is 12.6. The van der Waals surface area contributed by atoms with Crippen LogP contribution in [-0.4, -0.2) is 34.4 Å². The highest BCUT2D eigenvalue weighted by Gasteiger charge is 2.26. The number of imidazole rings is 1. The number of ether oxygens (including phenoxy) is 2. The van der Waals surface area contributed by atoms with Crippen molar-refractivity contribution < 1.29 is 19.4 Å². The Morgan fingerprint density at radius 1 is 1.00 bits per heavy atom. The zero-order chi connectivity index (χ0) is 26.2. The maximum Gasteiger partial charge on any atom is 0.336 e. The van der Waals surface area contributed by atoms with Crippen LogP contribution in [0.3, 0.4) is 0 Å². The number of benzene rings is 2. The molecule has 36 heavy (non-hydrogen) atoms. The van der Waals surface area contributed by atoms with Crippen LogP contribution in [0.5, 0.6) is 0 Å². The lowest BCUT2D eigenvalue weighted by molar-refractivity contribution is -0.111. The van der Waals surface area contributed by atoms with Crippen LogP contribution in [0, 0.1) is 5.92 Å². The lowest BCUT2D eigenvalue weighted by atomic mass is 9.98. The minimum absolute atomic E-state index is 0.0591. The molecule has 0 saturated carbocycles. The van der Waals surface area contributed by atoms with Gasteiger partial charge in [-0.2, -0.15) is 0 Å². The van der Waals surface area contributed by atoms with Crippen molar-refractivity contribution in [2.45, 2.75) is 65.8 Å². The summed E-state index contributed by atoms with van der Waals surface area (Å²) < 4.78 is 14.9. The van der Waals surface area contributed by atoms with Gasteiger partial charge in [0, 0.05) is 26.5 Å². The average Bonchev–Trinajstić information content (AvgIpc) is 3.12. The average molecular weight is 495 g/mol. The number of hydrogen-bond donors (Lipinski definition) is 1. The fourth-order valence-corrected chi connectivity index (χ4v) is 4.51. The van der Waals surface area contributed by atoms with Crippen LogP contribution < -0.4 is 5.69 Å². The van der Waals surface area contributed by atoms with Gasteiger partial charge in [-0.25, -0.2) is 9.59 Å². The Hall–Kier alpha value is -3.16. The molecule has 2 aromatic carbocycles. The zero-order valence-corrected chi connectivity index (χ0v) is 22.0. The molecule has 194 valence electrons. The predicted octanol–water partition coefficient (Wildman–Crippen LogP) is 5.74. The second-order valence-corrected chi connectivity index (χ2v) is 9.49. The molecule has 7 nitrogen and oxygen atoms in total. The molecule has 3 aromatic rings. The highest BCUT2D eigenvalue weighted by atomic mass is 16.7. The standard InChI is InChI=1S/C29H38N2O5/c1-6-7-12-25-26(28(35-4)36-5)30(18-17-20(2)3)29(34)31(25)19-21-13-15-22(16-14-21)23-10-8-9-11-24(23)27(32)33/h8-11,13-16,20,28H,6-7,12,17-19H2,1-5H3,(H,32,33). The predicted molar refractivity (Wildman–Crippen MR) is 141 cm³/mol. The highest BCUT2D eigenvalue weighted by molar-refractivity contribution is 5.95. The van der Waals surface area contributed by atoms with Crippen molar-refractivity contribution in [3.05, 3.63) is 81.5 Å². The van der Waals surface area contributed by atoms with Gasteiger partial charge in [0.2, 0.25) is 0 Å². The van der Waals surface area contributed by atoms with Crippen LogP contribution in [0.25, 0.3) is 11.1 Å². The summed E-state index contributed by atoms with van der Waals surface area (Å²) in [5, 5.41) is 9.54. The molecule has 1 heterocycles. The number of methoxy groups -OCH3 is 2. The number of aromatic nitrogens is 2. The largest absolute Gasteiger partial charge is 0.478 e. The number of nitrogens with zero attached hydrogens (tertiary/aromatic N) is 2. The number of carboxylic acid groups (broad SMARTS) is 1. The summed E-state index contributed by atoms with van der Waals surface area (Å²) >= 11 is 0. The molecule has 1 aromatic heterocycles. The van der Waals surface area contributed by atoms with Gasteiger partial charge in [-0.3, -0.25) is 9.13 Å². The van der Waals surface area contributed by atoms with E-state index in [1.54, 1.807) is 26.4 Å². The van der Waals surface area contributed by atoms with Gasteiger partial charge in [-0.15, -0.1) is 0 Å². The van der Waals surface area contributed by atoms with E-state index in [2.05, 4.69) is 20.8 Å². The molecule has 0 spiro atoms. The van der Waals surface area contributed by atoms with Crippen molar-refractivity contribution >= 4 is 5.97 Å². The van der Waals surface area contributed by atoms with Gasteiger partial charge in [0.25, 0.3) is 0 Å². The molecular weight excluding hydrogens is 456 g/mol. The lowest BCUT2D eigenvalue weighted by Crippen LogP contribution is -2.27. The molecule has 0 aliphatic carbocycles. The van der Waals surface area contributed by atoms with Crippen molar-refractivity contribution in [1.82, 2.24) is 9.13 Å². The maximum absolute atomic E-state index is 13.7. The third-order valence-corrected chi connectivity index (χ3v) is 6.49. The molecule has 0 atom stereocenters. The van der Waals surface area contributed by atoms with Crippen molar-refractivity contribution in [1.29, 1.82) is 0 Å². The van der Waals surface area contributed by atoms with Gasteiger partial charge >= 0.3 is 11.7 Å². The number of aromatic carboxylic acids is 1. The van der Waals surface area contributed by atoms with E-state index in [0.717, 1.165) is 48.2 Å². The molecule has 7 heteroatoms. The normalized spacial score (nSPS) is 11.5. The van der Waals surface area contributed by atoms with Crippen LogP contribution in [0.1, 0.15) is 73.6 Å². The van der Waals surface area contributed by atoms with Crippen molar-refractivity contribution in [2.24, 2.45) is 5.92 Å². The summed E-state index contributed by atoms with van der Waals surface area (Å²) in [6, 6.07) is 14.7. The number of hydrogen-bond acceptors (Lipinski definition) is 4. The van der Waals surface area contributed by atoms with Crippen molar-refractivity contribution in [3.63, 3.8) is 0 Å². The fourth-order valence-electron chi connectivity index (χ4n) is 4.51. The second-order valence-electron chi connectivity index (χ2n) is 9.49. The zero-order valence-electron chi connectivity index (χ0n) is 22.0. The van der Waals surface area contributed by atoms with E-state index < -0.39 is 12.3 Å². The van der Waals surface area contributed by atoms with Crippen LogP contribution >= 0.6 is 0 Å². The molecular formula is C29H38N2O5. The van der Waals surface area contributed by atoms with Gasteiger partial charge in [-0.05, 0) is 47.9 Å². The van der Waals surface area contributed by atoms with E-state index in [1.807, 2.05) is 45.5 Å². The first kappa shape index (κ1) is 27.4. The summed E-state index contributed by atoms with van der Waals surface area (Å²) in [4.78, 5) is 25.3. The monoisotopic (exact) mass is 494 g/mol. The van der Waals surface area contributed by atoms with Crippen molar-refractivity contribution in [3.8, 4) is 11.1 Å². The number of carboxylic acids is 1. The minimum Gasteiger partial charge on any atom is -0.478 e. The van der Waals surface area contributed by atoms with E-state index >= 15 is 0 Å². The summed E-state index contributed by atoms with van der Waals surface area (Å²) in [6.45, 7) is 7.45. The van der Waals surface area contributed by atoms with E-state index in [4.69, 9.17) is 9.47 Å². The Morgan fingerprint density at radius 3 is 2.25 bits per heavy atom. The molecule has 0 saturated heterocycles. The van der Waals surface area contributed by atoms with Gasteiger partial charge in [0.05, 0.1) is 17.8 Å². The van der Waals surface area contributed by atoms with Crippen LogP contribution in [0.2, 0.25) is 0 Å². The molecule has 0 fully saturated rings. The summed E-state index contributed by atoms with van der Waals surface area (Å²) in [6.07, 6.45) is 2.97. The second kappa shape index (κ2) is 12.7. The molecule has 0 aliphatic heterocycles. The Bertz CT molecular complexity index is 1200. The van der Waals surface area contributed by atoms with Gasteiger partial charge < -0.3 is 14.6 Å².